The van der Waals surface area contributed by atoms with Gasteiger partial charge in [-0.25, -0.2) is 4.99 Å². The molecule has 1 N–H and O–H groups in total. The van der Waals surface area contributed by atoms with Crippen LogP contribution < -0.4 is 5.56 Å². The summed E-state index contributed by atoms with van der Waals surface area (Å²) in [6, 6.07) is 9.81. The summed E-state index contributed by atoms with van der Waals surface area (Å²) in [6.45, 7) is 3.93. The molecule has 2 unspecified atom stereocenters. The Morgan fingerprint density at radius 2 is 1.87 bits per heavy atom. The minimum atomic E-state index is -0.425. The Morgan fingerprint density at radius 1 is 1.17 bits per heavy atom. The molecule has 0 spiro atoms. The number of hydrogen-bond acceptors (Lipinski definition) is 3. The summed E-state index contributed by atoms with van der Waals surface area (Å²) in [5, 5.41) is 2.79. The number of aromatic amines is 1. The van der Waals surface area contributed by atoms with E-state index in [0.29, 0.717) is 17.8 Å². The lowest BCUT2D eigenvalue weighted by Crippen LogP contribution is -2.32. The van der Waals surface area contributed by atoms with Gasteiger partial charge in [-0.1, -0.05) is 44.2 Å². The molecule has 0 bridgehead atoms. The molecular weight excluding hydrogens is 290 g/mol. The Morgan fingerprint density at radius 3 is 2.57 bits per heavy atom. The molecule has 5 heteroatoms. The molecule has 118 valence electrons. The van der Waals surface area contributed by atoms with Crippen LogP contribution >= 0.6 is 0 Å². The molecular formula is C18H19N3O2. The summed E-state index contributed by atoms with van der Waals surface area (Å²) in [5.41, 5.74) is 1.92. The highest BCUT2D eigenvalue weighted by atomic mass is 16.1. The van der Waals surface area contributed by atoms with Crippen LogP contribution in [0.25, 0.3) is 0 Å². The number of H-pyrrole nitrogens is 1. The standard InChI is InChI=1S/C18H19N3O2/c1-18(2)9-11-13(15(18)22)12(10-7-5-4-6-8-10)14-16(19-11)21(3)20-17(14)23/h4-8,12-13H,9H2,1-3H3,(H,20,23). The second kappa shape index (κ2) is 4.54. The number of carbonyl (C=O) groups excluding carboxylic acids is 1. The van der Waals surface area contributed by atoms with Gasteiger partial charge in [-0.15, -0.1) is 0 Å². The average molecular weight is 309 g/mol. The van der Waals surface area contributed by atoms with E-state index in [1.54, 1.807) is 11.7 Å². The van der Waals surface area contributed by atoms with E-state index < -0.39 is 5.41 Å². The van der Waals surface area contributed by atoms with E-state index in [1.807, 2.05) is 44.2 Å². The first kappa shape index (κ1) is 14.2. The predicted molar refractivity (Wildman–Crippen MR) is 88.3 cm³/mol. The predicted octanol–water partition coefficient (Wildman–Crippen LogP) is 2.55. The summed E-state index contributed by atoms with van der Waals surface area (Å²) in [5.74, 6) is 0.251. The third-order valence-electron chi connectivity index (χ3n) is 5.06. The molecule has 1 saturated carbocycles. The first-order chi connectivity index (χ1) is 10.9. The van der Waals surface area contributed by atoms with E-state index in [-0.39, 0.29) is 23.2 Å². The molecule has 0 saturated heterocycles. The second-order valence-corrected chi connectivity index (χ2v) is 7.13. The summed E-state index contributed by atoms with van der Waals surface area (Å²) < 4.78 is 1.66. The fourth-order valence-electron chi connectivity index (χ4n) is 3.96. The highest BCUT2D eigenvalue weighted by Crippen LogP contribution is 2.49. The first-order valence-corrected chi connectivity index (χ1v) is 7.86. The van der Waals surface area contributed by atoms with Crippen LogP contribution in [0.2, 0.25) is 0 Å². The van der Waals surface area contributed by atoms with Crippen molar-refractivity contribution in [3.05, 3.63) is 51.8 Å². The van der Waals surface area contributed by atoms with Gasteiger partial charge in [0.25, 0.3) is 5.56 Å². The molecule has 1 aromatic heterocycles. The van der Waals surface area contributed by atoms with Crippen LogP contribution in [0.1, 0.15) is 37.3 Å². The minimum absolute atomic E-state index is 0.156. The maximum absolute atomic E-state index is 13.0. The van der Waals surface area contributed by atoms with Crippen LogP contribution in [0.4, 0.5) is 5.82 Å². The molecule has 2 atom stereocenters. The van der Waals surface area contributed by atoms with Crippen molar-refractivity contribution in [1.82, 2.24) is 9.78 Å². The molecule has 2 aliphatic rings. The van der Waals surface area contributed by atoms with E-state index in [2.05, 4.69) is 10.1 Å². The zero-order chi connectivity index (χ0) is 16.4. The number of hydrogen-bond donors (Lipinski definition) is 1. The minimum Gasteiger partial charge on any atom is -0.298 e. The van der Waals surface area contributed by atoms with Gasteiger partial charge in [-0.05, 0) is 12.0 Å². The van der Waals surface area contributed by atoms with Gasteiger partial charge in [0, 0.05) is 24.1 Å². The maximum atomic E-state index is 13.0. The number of aliphatic imine (C=N–C) groups is 1. The maximum Gasteiger partial charge on any atom is 0.270 e. The summed E-state index contributed by atoms with van der Waals surface area (Å²) in [7, 11) is 1.79. The van der Waals surface area contributed by atoms with Crippen LogP contribution in [0.3, 0.4) is 0 Å². The van der Waals surface area contributed by atoms with Crippen molar-refractivity contribution in [2.75, 3.05) is 0 Å². The first-order valence-electron chi connectivity index (χ1n) is 7.86. The number of nitrogens with one attached hydrogen (secondary N) is 1. The molecule has 0 amide bonds. The van der Waals surface area contributed by atoms with Gasteiger partial charge in [0.1, 0.15) is 5.78 Å². The van der Waals surface area contributed by atoms with Gasteiger partial charge in [0.05, 0.1) is 11.5 Å². The van der Waals surface area contributed by atoms with Crippen LogP contribution in [-0.4, -0.2) is 21.3 Å². The van der Waals surface area contributed by atoms with Crippen LogP contribution in [-0.2, 0) is 11.8 Å². The number of carbonyl (C=O) groups is 1. The SMILES string of the molecule is Cn1[nH]c(=O)c2c1N=C1CC(C)(C)C(=O)C1C2c1ccccc1. The van der Waals surface area contributed by atoms with E-state index in [9.17, 15) is 9.59 Å². The Hall–Kier alpha value is -2.43. The molecule has 2 aromatic rings. The van der Waals surface area contributed by atoms with Gasteiger partial charge in [-0.3, -0.25) is 19.4 Å². The normalized spacial score (nSPS) is 25.0. The topological polar surface area (TPSA) is 67.2 Å². The number of fused-ring (bicyclic) bond motifs is 2. The number of nitrogens with zero attached hydrogens (tertiary/aromatic N) is 2. The fraction of sp³-hybridized carbons (Fsp3) is 0.389. The molecule has 1 aliphatic carbocycles. The number of benzene rings is 1. The van der Waals surface area contributed by atoms with Gasteiger partial charge in [-0.2, -0.15) is 0 Å². The molecule has 2 heterocycles. The molecule has 4 rings (SSSR count). The van der Waals surface area contributed by atoms with Crippen molar-refractivity contribution in [3.8, 4) is 0 Å². The third kappa shape index (κ3) is 1.89. The third-order valence-corrected chi connectivity index (χ3v) is 5.06. The number of Topliss-reactive ketones (excluding diaryl/α,β-unsaturated/α-hetero) is 1. The zero-order valence-corrected chi connectivity index (χ0v) is 13.5. The summed E-state index contributed by atoms with van der Waals surface area (Å²) in [6.07, 6.45) is 0.651. The van der Waals surface area contributed by atoms with Crippen LogP contribution in [0.15, 0.2) is 40.1 Å². The van der Waals surface area contributed by atoms with Gasteiger partial charge >= 0.3 is 0 Å². The Balaban J connectivity index is 2.00. The molecule has 23 heavy (non-hydrogen) atoms. The molecule has 1 aliphatic heterocycles. The van der Waals surface area contributed by atoms with E-state index in [1.165, 1.54) is 0 Å². The largest absolute Gasteiger partial charge is 0.298 e. The highest BCUT2D eigenvalue weighted by molar-refractivity contribution is 6.16. The lowest BCUT2D eigenvalue weighted by molar-refractivity contribution is -0.127. The molecule has 5 nitrogen and oxygen atoms in total. The van der Waals surface area contributed by atoms with Gasteiger partial charge in [0.15, 0.2) is 5.82 Å². The Kier molecular flexibility index (Phi) is 2.80. The van der Waals surface area contributed by atoms with E-state index >= 15 is 0 Å². The van der Waals surface area contributed by atoms with E-state index in [4.69, 9.17) is 0 Å². The van der Waals surface area contributed by atoms with E-state index in [0.717, 1.165) is 11.3 Å². The lowest BCUT2D eigenvalue weighted by Gasteiger charge is -2.27. The Labute approximate surface area is 134 Å². The number of rotatable bonds is 1. The van der Waals surface area contributed by atoms with Crippen molar-refractivity contribution in [1.29, 1.82) is 0 Å². The van der Waals surface area contributed by atoms with Crippen molar-refractivity contribution < 1.29 is 4.79 Å². The molecule has 1 fully saturated rings. The lowest BCUT2D eigenvalue weighted by atomic mass is 9.76. The second-order valence-electron chi connectivity index (χ2n) is 7.13. The number of ketones is 1. The highest BCUT2D eigenvalue weighted by Gasteiger charge is 2.52. The smallest absolute Gasteiger partial charge is 0.270 e. The summed E-state index contributed by atoms with van der Waals surface area (Å²) in [4.78, 5) is 30.1. The molecule has 0 radical (unpaired) electrons. The van der Waals surface area contributed by atoms with Crippen LogP contribution in [0.5, 0.6) is 0 Å². The Bertz CT molecular complexity index is 887. The zero-order valence-electron chi connectivity index (χ0n) is 13.5. The fourth-order valence-corrected chi connectivity index (χ4v) is 3.96. The molecule has 1 aromatic carbocycles. The number of aromatic nitrogens is 2. The average Bonchev–Trinajstić information content (AvgIpc) is 2.92. The number of aryl methyl sites for hydroxylation is 1. The quantitative estimate of drug-likeness (QED) is 0.879. The van der Waals surface area contributed by atoms with Crippen molar-refractivity contribution >= 4 is 17.3 Å². The van der Waals surface area contributed by atoms with Crippen molar-refractivity contribution in [2.45, 2.75) is 26.2 Å². The van der Waals surface area contributed by atoms with Crippen molar-refractivity contribution in [3.63, 3.8) is 0 Å². The summed E-state index contributed by atoms with van der Waals surface area (Å²) >= 11 is 0. The van der Waals surface area contributed by atoms with Gasteiger partial charge in [0.2, 0.25) is 0 Å². The van der Waals surface area contributed by atoms with Crippen LogP contribution in [0, 0.1) is 11.3 Å². The monoisotopic (exact) mass is 309 g/mol. The van der Waals surface area contributed by atoms with Gasteiger partial charge < -0.3 is 0 Å². The van der Waals surface area contributed by atoms with Crippen molar-refractivity contribution in [2.24, 2.45) is 23.4 Å².